The fourth-order valence-corrected chi connectivity index (χ4v) is 2.79. The monoisotopic (exact) mass is 318 g/mol. The van der Waals surface area contributed by atoms with E-state index in [-0.39, 0.29) is 0 Å². The summed E-state index contributed by atoms with van der Waals surface area (Å²) in [7, 11) is 3.47. The van der Waals surface area contributed by atoms with Crippen LogP contribution in [0.25, 0.3) is 28.1 Å². The van der Waals surface area contributed by atoms with Gasteiger partial charge in [0.15, 0.2) is 5.76 Å². The van der Waals surface area contributed by atoms with Crippen LogP contribution in [0.2, 0.25) is 0 Å². The SMILES string of the molecule is CNc1c(-c2cc3cc(OC)ccc3o2)nc2cc(C#N)ccn12. The van der Waals surface area contributed by atoms with Crippen molar-refractivity contribution in [1.82, 2.24) is 9.38 Å². The number of fused-ring (bicyclic) bond motifs is 2. The number of benzene rings is 1. The Morgan fingerprint density at radius 1 is 1.25 bits per heavy atom. The van der Waals surface area contributed by atoms with Crippen molar-refractivity contribution in [3.63, 3.8) is 0 Å². The molecule has 0 spiro atoms. The number of furan rings is 1. The standard InChI is InChI=1S/C18H14N4O2/c1-20-18-17(21-16-7-11(10-19)5-6-22(16)18)15-9-12-8-13(23-2)3-4-14(12)24-15/h3-9,20H,1-2H3. The van der Waals surface area contributed by atoms with E-state index in [2.05, 4.69) is 16.4 Å². The van der Waals surface area contributed by atoms with Gasteiger partial charge in [-0.15, -0.1) is 0 Å². The lowest BCUT2D eigenvalue weighted by Gasteiger charge is -2.01. The number of aromatic nitrogens is 2. The van der Waals surface area contributed by atoms with E-state index < -0.39 is 0 Å². The highest BCUT2D eigenvalue weighted by Gasteiger charge is 2.17. The van der Waals surface area contributed by atoms with E-state index in [1.165, 1.54) is 0 Å². The van der Waals surface area contributed by atoms with Crippen LogP contribution in [0.3, 0.4) is 0 Å². The van der Waals surface area contributed by atoms with Crippen molar-refractivity contribution in [3.8, 4) is 23.3 Å². The average Bonchev–Trinajstić information content (AvgIpc) is 3.20. The molecule has 0 unspecified atom stereocenters. The number of ether oxygens (including phenoxy) is 1. The minimum absolute atomic E-state index is 0.566. The quantitative estimate of drug-likeness (QED) is 0.624. The van der Waals surface area contributed by atoms with E-state index in [4.69, 9.17) is 14.4 Å². The first-order valence-electron chi connectivity index (χ1n) is 7.41. The molecule has 4 rings (SSSR count). The fourth-order valence-electron chi connectivity index (χ4n) is 2.79. The molecule has 0 bridgehead atoms. The molecule has 0 radical (unpaired) electrons. The second kappa shape index (κ2) is 5.32. The molecule has 118 valence electrons. The number of rotatable bonds is 3. The molecule has 0 saturated carbocycles. The van der Waals surface area contributed by atoms with Crippen LogP contribution in [0.5, 0.6) is 5.75 Å². The second-order valence-corrected chi connectivity index (χ2v) is 5.33. The highest BCUT2D eigenvalue weighted by Crippen LogP contribution is 2.34. The van der Waals surface area contributed by atoms with Crippen LogP contribution in [0.1, 0.15) is 5.56 Å². The largest absolute Gasteiger partial charge is 0.497 e. The van der Waals surface area contributed by atoms with E-state index in [9.17, 15) is 0 Å². The maximum Gasteiger partial charge on any atom is 0.157 e. The highest BCUT2D eigenvalue weighted by molar-refractivity contribution is 5.86. The molecule has 24 heavy (non-hydrogen) atoms. The van der Waals surface area contributed by atoms with Gasteiger partial charge < -0.3 is 14.5 Å². The molecule has 0 amide bonds. The summed E-state index contributed by atoms with van der Waals surface area (Å²) in [4.78, 5) is 4.62. The molecular formula is C18H14N4O2. The van der Waals surface area contributed by atoms with Crippen molar-refractivity contribution in [3.05, 3.63) is 48.2 Å². The maximum absolute atomic E-state index is 9.06. The molecule has 0 aliphatic rings. The predicted octanol–water partition coefficient (Wildman–Crippen LogP) is 3.67. The van der Waals surface area contributed by atoms with E-state index in [1.807, 2.05) is 41.9 Å². The molecule has 0 saturated heterocycles. The van der Waals surface area contributed by atoms with Gasteiger partial charge >= 0.3 is 0 Å². The van der Waals surface area contributed by atoms with E-state index in [0.29, 0.717) is 22.7 Å². The lowest BCUT2D eigenvalue weighted by atomic mass is 10.2. The Labute approximate surface area is 137 Å². The summed E-state index contributed by atoms with van der Waals surface area (Å²) < 4.78 is 13.1. The van der Waals surface area contributed by atoms with Gasteiger partial charge in [-0.3, -0.25) is 4.40 Å². The first-order valence-corrected chi connectivity index (χ1v) is 7.41. The van der Waals surface area contributed by atoms with E-state index in [0.717, 1.165) is 22.5 Å². The Balaban J connectivity index is 1.93. The lowest BCUT2D eigenvalue weighted by molar-refractivity contribution is 0.415. The summed E-state index contributed by atoms with van der Waals surface area (Å²) in [6.07, 6.45) is 1.82. The van der Waals surface area contributed by atoms with Crippen molar-refractivity contribution in [2.75, 3.05) is 19.5 Å². The normalized spacial score (nSPS) is 10.9. The summed E-state index contributed by atoms with van der Waals surface area (Å²) in [6, 6.07) is 13.2. The van der Waals surface area contributed by atoms with Crippen LogP contribution in [0.15, 0.2) is 47.0 Å². The van der Waals surface area contributed by atoms with Gasteiger partial charge in [0.1, 0.15) is 28.5 Å². The summed E-state index contributed by atoms with van der Waals surface area (Å²) in [6.45, 7) is 0. The first-order chi connectivity index (χ1) is 11.7. The van der Waals surface area contributed by atoms with Gasteiger partial charge in [-0.1, -0.05) is 0 Å². The number of hydrogen-bond donors (Lipinski definition) is 1. The number of imidazole rings is 1. The van der Waals surface area contributed by atoms with E-state index >= 15 is 0 Å². The Hall–Kier alpha value is -3.46. The highest BCUT2D eigenvalue weighted by atomic mass is 16.5. The number of methoxy groups -OCH3 is 1. The van der Waals surface area contributed by atoms with Crippen LogP contribution >= 0.6 is 0 Å². The second-order valence-electron chi connectivity index (χ2n) is 5.33. The minimum Gasteiger partial charge on any atom is -0.497 e. The predicted molar refractivity (Wildman–Crippen MR) is 91.2 cm³/mol. The molecule has 3 aromatic heterocycles. The molecule has 0 atom stereocenters. The summed E-state index contributed by atoms with van der Waals surface area (Å²) >= 11 is 0. The average molecular weight is 318 g/mol. The molecule has 0 fully saturated rings. The molecule has 1 N–H and O–H groups in total. The van der Waals surface area contributed by atoms with Crippen molar-refractivity contribution >= 4 is 22.4 Å². The molecule has 3 heterocycles. The molecule has 4 aromatic rings. The molecule has 6 heteroatoms. The minimum atomic E-state index is 0.566. The van der Waals surface area contributed by atoms with Gasteiger partial charge in [-0.2, -0.15) is 5.26 Å². The molecule has 0 aliphatic carbocycles. The van der Waals surface area contributed by atoms with Gasteiger partial charge in [0, 0.05) is 18.6 Å². The Kier molecular flexibility index (Phi) is 3.14. The number of anilines is 1. The number of nitrogens with zero attached hydrogens (tertiary/aromatic N) is 3. The summed E-state index contributed by atoms with van der Waals surface area (Å²) in [5, 5.41) is 13.2. The number of hydrogen-bond acceptors (Lipinski definition) is 5. The molecule has 6 nitrogen and oxygen atoms in total. The van der Waals surface area contributed by atoms with Crippen LogP contribution in [0.4, 0.5) is 5.82 Å². The van der Waals surface area contributed by atoms with Gasteiger partial charge in [0.2, 0.25) is 0 Å². The zero-order valence-electron chi connectivity index (χ0n) is 13.2. The summed E-state index contributed by atoms with van der Waals surface area (Å²) in [5.74, 6) is 2.24. The third-order valence-electron chi connectivity index (χ3n) is 3.95. The lowest BCUT2D eigenvalue weighted by Crippen LogP contribution is -1.95. The van der Waals surface area contributed by atoms with Crippen molar-refractivity contribution in [2.24, 2.45) is 0 Å². The Bertz CT molecular complexity index is 1100. The third kappa shape index (κ3) is 2.07. The van der Waals surface area contributed by atoms with Crippen LogP contribution in [0, 0.1) is 11.3 Å². The van der Waals surface area contributed by atoms with Crippen molar-refractivity contribution < 1.29 is 9.15 Å². The number of nitrogens with one attached hydrogen (secondary N) is 1. The van der Waals surface area contributed by atoms with Crippen LogP contribution in [-0.2, 0) is 0 Å². The number of nitriles is 1. The van der Waals surface area contributed by atoms with Gasteiger partial charge in [-0.05, 0) is 36.4 Å². The maximum atomic E-state index is 9.06. The van der Waals surface area contributed by atoms with Gasteiger partial charge in [-0.25, -0.2) is 4.98 Å². The molecular weight excluding hydrogens is 304 g/mol. The van der Waals surface area contributed by atoms with Crippen LogP contribution in [-0.4, -0.2) is 23.5 Å². The summed E-state index contributed by atoms with van der Waals surface area (Å²) in [5.41, 5.74) is 2.72. The van der Waals surface area contributed by atoms with Gasteiger partial charge in [0.25, 0.3) is 0 Å². The van der Waals surface area contributed by atoms with Crippen molar-refractivity contribution in [1.29, 1.82) is 5.26 Å². The number of pyridine rings is 1. The van der Waals surface area contributed by atoms with Crippen molar-refractivity contribution in [2.45, 2.75) is 0 Å². The smallest absolute Gasteiger partial charge is 0.157 e. The zero-order valence-corrected chi connectivity index (χ0v) is 13.2. The Morgan fingerprint density at radius 3 is 2.88 bits per heavy atom. The fraction of sp³-hybridized carbons (Fsp3) is 0.111. The third-order valence-corrected chi connectivity index (χ3v) is 3.95. The zero-order chi connectivity index (χ0) is 16.7. The van der Waals surface area contributed by atoms with Crippen LogP contribution < -0.4 is 10.1 Å². The van der Waals surface area contributed by atoms with E-state index in [1.54, 1.807) is 19.2 Å². The molecule has 1 aromatic carbocycles. The van der Waals surface area contributed by atoms with Gasteiger partial charge in [0.05, 0.1) is 18.7 Å². The first kappa shape index (κ1) is 14.2. The molecule has 0 aliphatic heterocycles. The topological polar surface area (TPSA) is 75.5 Å². The Morgan fingerprint density at radius 2 is 2.12 bits per heavy atom.